The van der Waals surface area contributed by atoms with E-state index in [1.54, 1.807) is 7.05 Å². The third-order valence-electron chi connectivity index (χ3n) is 2.59. The van der Waals surface area contributed by atoms with Gasteiger partial charge >= 0.3 is 0 Å². The molecule has 0 unspecified atom stereocenters. The second-order valence-corrected chi connectivity index (χ2v) is 4.87. The van der Waals surface area contributed by atoms with Gasteiger partial charge in [-0.15, -0.1) is 0 Å². The first kappa shape index (κ1) is 14.1. The zero-order chi connectivity index (χ0) is 14.7. The highest BCUT2D eigenvalue weighted by Crippen LogP contribution is 2.23. The fourth-order valence-corrected chi connectivity index (χ4v) is 2.02. The Kier molecular flexibility index (Phi) is 4.08. The molecule has 0 fully saturated rings. The largest absolute Gasteiger partial charge is 0.334 e. The van der Waals surface area contributed by atoms with Crippen LogP contribution in [-0.4, -0.2) is 38.0 Å². The predicted molar refractivity (Wildman–Crippen MR) is 73.0 cm³/mol. The third kappa shape index (κ3) is 2.99. The van der Waals surface area contributed by atoms with Crippen LogP contribution < -0.4 is 0 Å². The smallest absolute Gasteiger partial charge is 0.270 e. The Morgan fingerprint density at radius 1 is 1.55 bits per heavy atom. The molecule has 1 amide bonds. The van der Waals surface area contributed by atoms with Gasteiger partial charge in [-0.25, -0.2) is 4.98 Å². The molecule has 1 aromatic carbocycles. The zero-order valence-electron chi connectivity index (χ0n) is 10.4. The Bertz CT molecular complexity index is 644. The van der Waals surface area contributed by atoms with Gasteiger partial charge in [0.1, 0.15) is 12.2 Å². The van der Waals surface area contributed by atoms with E-state index in [2.05, 4.69) is 31.1 Å². The first-order chi connectivity index (χ1) is 9.49. The SMILES string of the molecule is CN(Cc1ncn[nH]1)C(=O)c1cc([N+](=O)[O-])ccc1Br. The van der Waals surface area contributed by atoms with Crippen LogP contribution in [0.4, 0.5) is 5.69 Å². The molecule has 0 aliphatic rings. The number of aromatic amines is 1. The van der Waals surface area contributed by atoms with Crippen molar-refractivity contribution in [1.82, 2.24) is 20.1 Å². The van der Waals surface area contributed by atoms with Crippen LogP contribution in [0.25, 0.3) is 0 Å². The molecule has 0 saturated carbocycles. The molecule has 1 N–H and O–H groups in total. The van der Waals surface area contributed by atoms with Crippen LogP contribution in [0.15, 0.2) is 29.0 Å². The molecule has 20 heavy (non-hydrogen) atoms. The van der Waals surface area contributed by atoms with Gasteiger partial charge in [0.15, 0.2) is 0 Å². The second-order valence-electron chi connectivity index (χ2n) is 4.01. The van der Waals surface area contributed by atoms with Crippen molar-refractivity contribution in [3.63, 3.8) is 0 Å². The van der Waals surface area contributed by atoms with Crippen molar-refractivity contribution in [2.24, 2.45) is 0 Å². The zero-order valence-corrected chi connectivity index (χ0v) is 12.0. The van der Waals surface area contributed by atoms with Crippen molar-refractivity contribution >= 4 is 27.5 Å². The summed E-state index contributed by atoms with van der Waals surface area (Å²) >= 11 is 3.22. The minimum atomic E-state index is -0.542. The molecular weight excluding hydrogens is 330 g/mol. The van der Waals surface area contributed by atoms with Crippen molar-refractivity contribution in [3.05, 3.63) is 50.5 Å². The molecule has 0 aliphatic heterocycles. The van der Waals surface area contributed by atoms with Gasteiger partial charge in [0.2, 0.25) is 0 Å². The highest BCUT2D eigenvalue weighted by Gasteiger charge is 2.19. The minimum absolute atomic E-state index is 0.135. The highest BCUT2D eigenvalue weighted by atomic mass is 79.9. The molecule has 9 heteroatoms. The average molecular weight is 340 g/mol. The molecule has 0 bridgehead atoms. The molecule has 104 valence electrons. The topological polar surface area (TPSA) is 105 Å². The van der Waals surface area contributed by atoms with Gasteiger partial charge in [-0.1, -0.05) is 0 Å². The van der Waals surface area contributed by atoms with Crippen LogP contribution in [0.3, 0.4) is 0 Å². The number of nitrogens with zero attached hydrogens (tertiary/aromatic N) is 4. The van der Waals surface area contributed by atoms with Gasteiger partial charge in [-0.05, 0) is 22.0 Å². The second kappa shape index (κ2) is 5.78. The Labute approximate surface area is 122 Å². The number of nitro benzene ring substituents is 1. The molecule has 2 rings (SSSR count). The van der Waals surface area contributed by atoms with Crippen LogP contribution in [0, 0.1) is 10.1 Å². The lowest BCUT2D eigenvalue weighted by Gasteiger charge is -2.16. The maximum atomic E-state index is 12.3. The molecule has 8 nitrogen and oxygen atoms in total. The number of aromatic nitrogens is 3. The maximum absolute atomic E-state index is 12.3. The van der Waals surface area contributed by atoms with Crippen molar-refractivity contribution < 1.29 is 9.72 Å². The van der Waals surface area contributed by atoms with E-state index in [0.717, 1.165) is 0 Å². The van der Waals surface area contributed by atoms with Gasteiger partial charge in [0, 0.05) is 23.7 Å². The number of carbonyl (C=O) groups excluding carboxylic acids is 1. The van der Waals surface area contributed by atoms with Crippen molar-refractivity contribution in [2.45, 2.75) is 6.54 Å². The predicted octanol–water partition coefficient (Wildman–Crippen LogP) is 1.75. The average Bonchev–Trinajstić information content (AvgIpc) is 2.91. The summed E-state index contributed by atoms with van der Waals surface area (Å²) in [6.07, 6.45) is 1.34. The van der Waals surface area contributed by atoms with E-state index in [1.807, 2.05) is 0 Å². The summed E-state index contributed by atoms with van der Waals surface area (Å²) in [5, 5.41) is 17.1. The van der Waals surface area contributed by atoms with E-state index in [-0.39, 0.29) is 23.7 Å². The van der Waals surface area contributed by atoms with Crippen molar-refractivity contribution in [2.75, 3.05) is 7.05 Å². The van der Waals surface area contributed by atoms with Crippen LogP contribution >= 0.6 is 15.9 Å². The molecule has 0 radical (unpaired) electrons. The lowest BCUT2D eigenvalue weighted by Crippen LogP contribution is -2.27. The summed E-state index contributed by atoms with van der Waals surface area (Å²) in [4.78, 5) is 27.8. The fourth-order valence-electron chi connectivity index (χ4n) is 1.60. The highest BCUT2D eigenvalue weighted by molar-refractivity contribution is 9.10. The quantitative estimate of drug-likeness (QED) is 0.674. The number of nitro groups is 1. The minimum Gasteiger partial charge on any atom is -0.334 e. The monoisotopic (exact) mass is 339 g/mol. The molecule has 0 spiro atoms. The summed E-state index contributed by atoms with van der Waals surface area (Å²) in [5.74, 6) is 0.180. The standard InChI is InChI=1S/C11H10BrN5O3/c1-16(5-10-13-6-14-15-10)11(18)8-4-7(17(19)20)2-3-9(8)12/h2-4,6H,5H2,1H3,(H,13,14,15). The molecular formula is C11H10BrN5O3. The van der Waals surface area contributed by atoms with Gasteiger partial charge in [0.05, 0.1) is 17.0 Å². The first-order valence-electron chi connectivity index (χ1n) is 5.52. The summed E-state index contributed by atoms with van der Waals surface area (Å²) in [6.45, 7) is 0.230. The van der Waals surface area contributed by atoms with Gasteiger partial charge in [0.25, 0.3) is 11.6 Å². The number of amides is 1. The number of hydrogen-bond donors (Lipinski definition) is 1. The number of carbonyl (C=O) groups is 1. The molecule has 0 saturated heterocycles. The molecule has 0 aliphatic carbocycles. The number of benzene rings is 1. The van der Waals surface area contributed by atoms with Crippen LogP contribution in [0.2, 0.25) is 0 Å². The maximum Gasteiger partial charge on any atom is 0.270 e. The van der Waals surface area contributed by atoms with E-state index in [4.69, 9.17) is 0 Å². The lowest BCUT2D eigenvalue weighted by atomic mass is 10.2. The third-order valence-corrected chi connectivity index (χ3v) is 3.28. The van der Waals surface area contributed by atoms with E-state index < -0.39 is 4.92 Å². The van der Waals surface area contributed by atoms with Gasteiger partial charge < -0.3 is 4.90 Å². The van der Waals surface area contributed by atoms with E-state index in [9.17, 15) is 14.9 Å². The Morgan fingerprint density at radius 2 is 2.30 bits per heavy atom. The summed E-state index contributed by atoms with van der Waals surface area (Å²) in [7, 11) is 1.58. The lowest BCUT2D eigenvalue weighted by molar-refractivity contribution is -0.384. The Morgan fingerprint density at radius 3 is 2.90 bits per heavy atom. The summed E-state index contributed by atoms with van der Waals surface area (Å²) in [6, 6.07) is 4.05. The summed E-state index contributed by atoms with van der Waals surface area (Å²) in [5.41, 5.74) is 0.0887. The van der Waals surface area contributed by atoms with Crippen molar-refractivity contribution in [3.8, 4) is 0 Å². The number of H-pyrrole nitrogens is 1. The van der Waals surface area contributed by atoms with Crippen LogP contribution in [0.5, 0.6) is 0 Å². The summed E-state index contributed by atoms with van der Waals surface area (Å²) < 4.78 is 0.498. The van der Waals surface area contributed by atoms with Crippen molar-refractivity contribution in [1.29, 1.82) is 0 Å². The van der Waals surface area contributed by atoms with Crippen LogP contribution in [0.1, 0.15) is 16.2 Å². The Balaban J connectivity index is 2.23. The van der Waals surface area contributed by atoms with Gasteiger partial charge in [-0.2, -0.15) is 5.10 Å². The van der Waals surface area contributed by atoms with E-state index in [0.29, 0.717) is 10.3 Å². The molecule has 1 heterocycles. The Hall–Kier alpha value is -2.29. The normalized spacial score (nSPS) is 10.3. The number of nitrogens with one attached hydrogen (secondary N) is 1. The molecule has 0 atom stereocenters. The van der Waals surface area contributed by atoms with E-state index in [1.165, 1.54) is 29.4 Å². The number of non-ortho nitro benzene ring substituents is 1. The van der Waals surface area contributed by atoms with Gasteiger partial charge in [-0.3, -0.25) is 20.0 Å². The van der Waals surface area contributed by atoms with Crippen LogP contribution in [-0.2, 0) is 6.54 Å². The molecule has 1 aromatic heterocycles. The molecule has 2 aromatic rings. The number of rotatable bonds is 4. The fraction of sp³-hybridized carbons (Fsp3) is 0.182. The number of halogens is 1. The van der Waals surface area contributed by atoms with E-state index >= 15 is 0 Å². The first-order valence-corrected chi connectivity index (χ1v) is 6.32. The number of hydrogen-bond acceptors (Lipinski definition) is 5.